The van der Waals surface area contributed by atoms with Crippen molar-refractivity contribution in [3.63, 3.8) is 0 Å². The summed E-state index contributed by atoms with van der Waals surface area (Å²) >= 11 is 0. The van der Waals surface area contributed by atoms with Crippen molar-refractivity contribution in [1.82, 2.24) is 19.4 Å². The summed E-state index contributed by atoms with van der Waals surface area (Å²) in [6.07, 6.45) is 6.24. The van der Waals surface area contributed by atoms with Crippen LogP contribution in [0.1, 0.15) is 28.4 Å². The lowest BCUT2D eigenvalue weighted by Crippen LogP contribution is -2.50. The molecule has 5 rings (SSSR count). The number of benzene rings is 1. The third kappa shape index (κ3) is 4.55. The lowest BCUT2D eigenvalue weighted by Gasteiger charge is -2.39. The summed E-state index contributed by atoms with van der Waals surface area (Å²) in [5, 5.41) is 2.94. The molecular formula is C25H27N5O3. The van der Waals surface area contributed by atoms with E-state index in [0.717, 1.165) is 17.9 Å². The van der Waals surface area contributed by atoms with Crippen LogP contribution in [-0.4, -0.2) is 63.6 Å². The van der Waals surface area contributed by atoms with Crippen molar-refractivity contribution >= 4 is 17.6 Å². The highest BCUT2D eigenvalue weighted by Gasteiger charge is 2.32. The minimum Gasteiger partial charge on any atom is -0.489 e. The van der Waals surface area contributed by atoms with Gasteiger partial charge in [-0.3, -0.25) is 9.78 Å². The van der Waals surface area contributed by atoms with E-state index in [4.69, 9.17) is 4.74 Å². The Morgan fingerprint density at radius 1 is 1.03 bits per heavy atom. The number of aromatic nitrogens is 2. The number of aryl methyl sites for hydroxylation is 1. The van der Waals surface area contributed by atoms with Gasteiger partial charge in [0, 0.05) is 63.3 Å². The number of nitrogens with zero attached hydrogens (tertiary/aromatic N) is 4. The molecule has 1 N–H and O–H groups in total. The van der Waals surface area contributed by atoms with Gasteiger partial charge in [0.15, 0.2) is 0 Å². The quantitative estimate of drug-likeness (QED) is 0.653. The van der Waals surface area contributed by atoms with Crippen molar-refractivity contribution < 1.29 is 14.3 Å². The molecule has 2 fully saturated rings. The molecule has 1 aromatic carbocycles. The fourth-order valence-electron chi connectivity index (χ4n) is 4.34. The van der Waals surface area contributed by atoms with Gasteiger partial charge < -0.3 is 24.4 Å². The fraction of sp³-hybridized carbons (Fsp3) is 0.320. The molecule has 2 saturated heterocycles. The van der Waals surface area contributed by atoms with Crippen LogP contribution in [0.4, 0.5) is 10.5 Å². The van der Waals surface area contributed by atoms with Gasteiger partial charge in [0.25, 0.3) is 5.91 Å². The van der Waals surface area contributed by atoms with Gasteiger partial charge in [-0.2, -0.15) is 0 Å². The summed E-state index contributed by atoms with van der Waals surface area (Å²) in [6, 6.07) is 15.0. The summed E-state index contributed by atoms with van der Waals surface area (Å²) in [7, 11) is 1.87. The van der Waals surface area contributed by atoms with Gasteiger partial charge in [0.1, 0.15) is 17.5 Å². The van der Waals surface area contributed by atoms with Crippen molar-refractivity contribution in [2.75, 3.05) is 31.5 Å². The Morgan fingerprint density at radius 2 is 1.85 bits per heavy atom. The maximum Gasteiger partial charge on any atom is 0.321 e. The van der Waals surface area contributed by atoms with Gasteiger partial charge in [0.05, 0.1) is 6.54 Å². The van der Waals surface area contributed by atoms with Gasteiger partial charge in [-0.05, 0) is 48.0 Å². The van der Waals surface area contributed by atoms with Crippen LogP contribution in [0.5, 0.6) is 5.75 Å². The number of urea groups is 1. The average Bonchev–Trinajstić information content (AvgIpc) is 3.43. The van der Waals surface area contributed by atoms with Crippen LogP contribution in [0.3, 0.4) is 0 Å². The van der Waals surface area contributed by atoms with E-state index in [2.05, 4.69) is 10.3 Å². The molecule has 2 aromatic heterocycles. The summed E-state index contributed by atoms with van der Waals surface area (Å²) in [6.45, 7) is 2.63. The number of pyridine rings is 1. The van der Waals surface area contributed by atoms with Crippen LogP contribution >= 0.6 is 0 Å². The number of rotatable bonds is 5. The molecular weight excluding hydrogens is 418 g/mol. The van der Waals surface area contributed by atoms with Crippen molar-refractivity contribution in [2.24, 2.45) is 7.05 Å². The Hall–Kier alpha value is -3.81. The SMILES string of the molecule is Cn1cccc1C(=O)N1CC[C@@H](Oc2ccc(NC(=O)N3CC(c4cccnc4)C3)cc2)C1. The first-order valence-corrected chi connectivity index (χ1v) is 11.2. The van der Waals surface area contributed by atoms with E-state index in [1.54, 1.807) is 11.1 Å². The largest absolute Gasteiger partial charge is 0.489 e. The first-order chi connectivity index (χ1) is 16.1. The second-order valence-corrected chi connectivity index (χ2v) is 8.63. The molecule has 2 aliphatic heterocycles. The number of ether oxygens (including phenoxy) is 1. The molecule has 2 aliphatic rings. The molecule has 1 atom stereocenters. The van der Waals surface area contributed by atoms with E-state index < -0.39 is 0 Å². The molecule has 0 spiro atoms. The van der Waals surface area contributed by atoms with Crippen LogP contribution < -0.4 is 10.1 Å². The van der Waals surface area contributed by atoms with Gasteiger partial charge in [-0.25, -0.2) is 4.79 Å². The number of nitrogens with one attached hydrogen (secondary N) is 1. The first-order valence-electron chi connectivity index (χ1n) is 11.2. The Morgan fingerprint density at radius 3 is 2.55 bits per heavy atom. The van der Waals surface area contributed by atoms with Crippen LogP contribution in [0.15, 0.2) is 67.1 Å². The molecule has 0 saturated carbocycles. The van der Waals surface area contributed by atoms with Crippen molar-refractivity contribution in [3.05, 3.63) is 78.4 Å². The number of amides is 3. The second-order valence-electron chi connectivity index (χ2n) is 8.63. The second kappa shape index (κ2) is 8.97. The van der Waals surface area contributed by atoms with E-state index in [1.807, 2.05) is 77.4 Å². The van der Waals surface area contributed by atoms with Gasteiger partial charge >= 0.3 is 6.03 Å². The molecule has 3 aromatic rings. The fourth-order valence-corrected chi connectivity index (χ4v) is 4.34. The van der Waals surface area contributed by atoms with Crippen LogP contribution in [0, 0.1) is 0 Å². The molecule has 3 amide bonds. The minimum absolute atomic E-state index is 0.0309. The van der Waals surface area contributed by atoms with Crippen molar-refractivity contribution in [3.8, 4) is 5.75 Å². The van der Waals surface area contributed by atoms with Gasteiger partial charge in [0.2, 0.25) is 0 Å². The van der Waals surface area contributed by atoms with E-state index in [-0.39, 0.29) is 18.0 Å². The Balaban J connectivity index is 1.09. The number of carbonyl (C=O) groups is 2. The highest BCUT2D eigenvalue weighted by Crippen LogP contribution is 2.27. The van der Waals surface area contributed by atoms with Crippen LogP contribution in [0.25, 0.3) is 0 Å². The predicted molar refractivity (Wildman–Crippen MR) is 124 cm³/mol. The normalized spacial score (nSPS) is 18.2. The van der Waals surface area contributed by atoms with E-state index >= 15 is 0 Å². The molecule has 170 valence electrons. The van der Waals surface area contributed by atoms with Crippen LogP contribution in [0.2, 0.25) is 0 Å². The molecule has 8 nitrogen and oxygen atoms in total. The van der Waals surface area contributed by atoms with E-state index in [0.29, 0.717) is 37.8 Å². The van der Waals surface area contributed by atoms with Crippen LogP contribution in [-0.2, 0) is 7.05 Å². The van der Waals surface area contributed by atoms with E-state index in [1.165, 1.54) is 5.56 Å². The lowest BCUT2D eigenvalue weighted by atomic mass is 9.93. The first kappa shape index (κ1) is 21.1. The number of likely N-dealkylation sites (tertiary alicyclic amines) is 2. The average molecular weight is 446 g/mol. The summed E-state index contributed by atoms with van der Waals surface area (Å²) in [5.74, 6) is 1.11. The molecule has 8 heteroatoms. The summed E-state index contributed by atoms with van der Waals surface area (Å²) in [5.41, 5.74) is 2.58. The van der Waals surface area contributed by atoms with Crippen molar-refractivity contribution in [1.29, 1.82) is 0 Å². The predicted octanol–water partition coefficient (Wildman–Crippen LogP) is 3.34. The third-order valence-electron chi connectivity index (χ3n) is 6.33. The van der Waals surface area contributed by atoms with Gasteiger partial charge in [-0.1, -0.05) is 6.07 Å². The van der Waals surface area contributed by atoms with Crippen molar-refractivity contribution in [2.45, 2.75) is 18.4 Å². The molecule has 33 heavy (non-hydrogen) atoms. The Kier molecular flexibility index (Phi) is 5.73. The molecule has 4 heterocycles. The summed E-state index contributed by atoms with van der Waals surface area (Å²) < 4.78 is 7.91. The number of anilines is 1. The standard InChI is InChI=1S/C25H27N5O3/c1-28-12-3-5-23(28)24(31)29-13-10-22(17-29)33-21-8-6-20(7-9-21)27-25(32)30-15-19(16-30)18-4-2-11-26-14-18/h2-9,11-12,14,19,22H,10,13,15-17H2,1H3,(H,27,32)/t22-/m1/s1. The van der Waals surface area contributed by atoms with Gasteiger partial charge in [-0.15, -0.1) is 0 Å². The smallest absolute Gasteiger partial charge is 0.321 e. The summed E-state index contributed by atoms with van der Waals surface area (Å²) in [4.78, 5) is 32.9. The maximum atomic E-state index is 12.7. The lowest BCUT2D eigenvalue weighted by molar-refractivity contribution is 0.0763. The zero-order valence-electron chi connectivity index (χ0n) is 18.6. The molecule has 0 unspecified atom stereocenters. The molecule has 0 bridgehead atoms. The topological polar surface area (TPSA) is 79.7 Å². The molecule has 0 radical (unpaired) electrons. The Bertz CT molecular complexity index is 1120. The number of hydrogen-bond donors (Lipinski definition) is 1. The highest BCUT2D eigenvalue weighted by molar-refractivity contribution is 5.93. The number of carbonyl (C=O) groups excluding carboxylic acids is 2. The monoisotopic (exact) mass is 445 g/mol. The molecule has 0 aliphatic carbocycles. The minimum atomic E-state index is -0.102. The zero-order chi connectivity index (χ0) is 22.8. The zero-order valence-corrected chi connectivity index (χ0v) is 18.6. The van der Waals surface area contributed by atoms with E-state index in [9.17, 15) is 9.59 Å². The maximum absolute atomic E-state index is 12.7. The Labute approximate surface area is 192 Å². The highest BCUT2D eigenvalue weighted by atomic mass is 16.5. The third-order valence-corrected chi connectivity index (χ3v) is 6.33. The number of hydrogen-bond acceptors (Lipinski definition) is 4.